The Labute approximate surface area is 104 Å². The van der Waals surface area contributed by atoms with Crippen LogP contribution in [-0.4, -0.2) is 25.5 Å². The smallest absolute Gasteiger partial charge is 0.224 e. The maximum atomic E-state index is 11.8. The van der Waals surface area contributed by atoms with Gasteiger partial charge in [0.05, 0.1) is 5.92 Å². The molecule has 1 saturated heterocycles. The summed E-state index contributed by atoms with van der Waals surface area (Å²) in [7, 11) is 0. The molecule has 0 unspecified atom stereocenters. The van der Waals surface area contributed by atoms with Crippen LogP contribution in [-0.2, 0) is 4.79 Å². The molecule has 4 heteroatoms. The lowest BCUT2D eigenvalue weighted by molar-refractivity contribution is -0.125. The first-order valence-electron chi connectivity index (χ1n) is 6.24. The van der Waals surface area contributed by atoms with Gasteiger partial charge in [-0.25, -0.2) is 0 Å². The van der Waals surface area contributed by atoms with Gasteiger partial charge in [-0.1, -0.05) is 6.92 Å². The number of amides is 1. The molecule has 1 saturated carbocycles. The fourth-order valence-corrected chi connectivity index (χ4v) is 2.33. The molecule has 1 amide bonds. The molecule has 1 atom stereocenters. The molecular weight excluding hydrogens is 224 g/mol. The van der Waals surface area contributed by atoms with E-state index >= 15 is 0 Å². The molecule has 1 aliphatic heterocycles. The minimum absolute atomic E-state index is 0. The van der Waals surface area contributed by atoms with Crippen molar-refractivity contribution in [3.63, 3.8) is 0 Å². The Kier molecular flexibility index (Phi) is 5.06. The molecule has 2 rings (SSSR count). The Bertz CT molecular complexity index is 235. The first kappa shape index (κ1) is 13.8. The van der Waals surface area contributed by atoms with Crippen molar-refractivity contribution < 1.29 is 4.79 Å². The summed E-state index contributed by atoms with van der Waals surface area (Å²) in [4.78, 5) is 11.8. The van der Waals surface area contributed by atoms with Gasteiger partial charge in [0.1, 0.15) is 0 Å². The minimum Gasteiger partial charge on any atom is -0.355 e. The van der Waals surface area contributed by atoms with Crippen molar-refractivity contribution in [1.82, 2.24) is 10.6 Å². The molecule has 1 aliphatic carbocycles. The lowest BCUT2D eigenvalue weighted by Gasteiger charge is -2.23. The van der Waals surface area contributed by atoms with Gasteiger partial charge in [-0.3, -0.25) is 4.79 Å². The highest BCUT2D eigenvalue weighted by atomic mass is 35.5. The zero-order valence-electron chi connectivity index (χ0n) is 10.1. The summed E-state index contributed by atoms with van der Waals surface area (Å²) in [5.74, 6) is 0.480. The predicted molar refractivity (Wildman–Crippen MR) is 67.8 cm³/mol. The maximum absolute atomic E-state index is 11.8. The van der Waals surface area contributed by atoms with E-state index in [-0.39, 0.29) is 24.2 Å². The molecule has 0 radical (unpaired) electrons. The Hall–Kier alpha value is -0.280. The molecule has 2 fully saturated rings. The summed E-state index contributed by atoms with van der Waals surface area (Å²) in [5.41, 5.74) is 0.470. The molecule has 2 N–H and O–H groups in total. The normalized spacial score (nSPS) is 26.7. The second-order valence-corrected chi connectivity index (χ2v) is 5.11. The lowest BCUT2D eigenvalue weighted by atomic mass is 9.98. The van der Waals surface area contributed by atoms with Gasteiger partial charge >= 0.3 is 0 Å². The van der Waals surface area contributed by atoms with Crippen LogP contribution in [0.15, 0.2) is 0 Å². The van der Waals surface area contributed by atoms with Crippen LogP contribution in [0.2, 0.25) is 0 Å². The predicted octanol–water partition coefficient (Wildman–Crippen LogP) is 1.71. The second-order valence-electron chi connectivity index (χ2n) is 5.11. The summed E-state index contributed by atoms with van der Waals surface area (Å²) in [5, 5.41) is 6.41. The van der Waals surface area contributed by atoms with E-state index < -0.39 is 0 Å². The average molecular weight is 247 g/mol. The van der Waals surface area contributed by atoms with Crippen molar-refractivity contribution in [1.29, 1.82) is 0 Å². The molecule has 1 heterocycles. The van der Waals surface area contributed by atoms with Gasteiger partial charge in [0, 0.05) is 13.1 Å². The van der Waals surface area contributed by atoms with Crippen LogP contribution >= 0.6 is 12.4 Å². The number of rotatable bonds is 4. The number of carbonyl (C=O) groups is 1. The summed E-state index contributed by atoms with van der Waals surface area (Å²) in [6.45, 7) is 5.06. The van der Waals surface area contributed by atoms with Crippen LogP contribution in [0.4, 0.5) is 0 Å². The van der Waals surface area contributed by atoms with E-state index in [9.17, 15) is 4.79 Å². The quantitative estimate of drug-likeness (QED) is 0.793. The molecule has 3 nitrogen and oxygen atoms in total. The Morgan fingerprint density at radius 2 is 2.25 bits per heavy atom. The van der Waals surface area contributed by atoms with Crippen LogP contribution in [0.1, 0.15) is 39.0 Å². The number of hydrogen-bond donors (Lipinski definition) is 2. The summed E-state index contributed by atoms with van der Waals surface area (Å²) in [6, 6.07) is 0. The standard InChI is InChI=1S/C12H22N2O.ClH/c1-2-12(5-6-12)9-14-11(15)10-4-3-7-13-8-10;/h10,13H,2-9H2,1H3,(H,14,15);1H/t10-;/m1./s1. The van der Waals surface area contributed by atoms with Crippen molar-refractivity contribution in [3.05, 3.63) is 0 Å². The van der Waals surface area contributed by atoms with E-state index in [1.54, 1.807) is 0 Å². The Balaban J connectivity index is 0.00000128. The third-order valence-electron chi connectivity index (χ3n) is 4.01. The zero-order chi connectivity index (χ0) is 10.7. The van der Waals surface area contributed by atoms with Crippen molar-refractivity contribution in [2.24, 2.45) is 11.3 Å². The molecule has 2 aliphatic rings. The highest BCUT2D eigenvalue weighted by Gasteiger charge is 2.40. The first-order valence-corrected chi connectivity index (χ1v) is 6.24. The fourth-order valence-electron chi connectivity index (χ4n) is 2.33. The Morgan fingerprint density at radius 1 is 1.50 bits per heavy atom. The van der Waals surface area contributed by atoms with Crippen LogP contribution in [0, 0.1) is 11.3 Å². The molecule has 0 aromatic heterocycles. The van der Waals surface area contributed by atoms with Gasteiger partial charge < -0.3 is 10.6 Å². The topological polar surface area (TPSA) is 41.1 Å². The highest BCUT2D eigenvalue weighted by molar-refractivity contribution is 5.85. The fraction of sp³-hybridized carbons (Fsp3) is 0.917. The number of nitrogens with one attached hydrogen (secondary N) is 2. The lowest BCUT2D eigenvalue weighted by Crippen LogP contribution is -2.42. The monoisotopic (exact) mass is 246 g/mol. The molecule has 0 bridgehead atoms. The van der Waals surface area contributed by atoms with E-state index in [1.807, 2.05) is 0 Å². The molecule has 94 valence electrons. The SMILES string of the molecule is CCC1(CNC(=O)[C@@H]2CCCNC2)CC1.Cl. The van der Waals surface area contributed by atoms with E-state index in [0.717, 1.165) is 32.5 Å². The van der Waals surface area contributed by atoms with Gasteiger partial charge in [-0.05, 0) is 44.1 Å². The second kappa shape index (κ2) is 5.87. The van der Waals surface area contributed by atoms with Crippen molar-refractivity contribution in [3.8, 4) is 0 Å². The maximum Gasteiger partial charge on any atom is 0.224 e. The first-order chi connectivity index (χ1) is 7.26. The van der Waals surface area contributed by atoms with Gasteiger partial charge in [-0.2, -0.15) is 0 Å². The van der Waals surface area contributed by atoms with Crippen LogP contribution < -0.4 is 10.6 Å². The van der Waals surface area contributed by atoms with Gasteiger partial charge in [-0.15, -0.1) is 12.4 Å². The number of piperidine rings is 1. The van der Waals surface area contributed by atoms with Crippen molar-refractivity contribution >= 4 is 18.3 Å². The summed E-state index contributed by atoms with van der Waals surface area (Å²) < 4.78 is 0. The van der Waals surface area contributed by atoms with Crippen molar-refractivity contribution in [2.45, 2.75) is 39.0 Å². The third kappa shape index (κ3) is 3.36. The summed E-state index contributed by atoms with van der Waals surface area (Å²) in [6.07, 6.45) is 5.99. The van der Waals surface area contributed by atoms with Crippen LogP contribution in [0.5, 0.6) is 0 Å². The summed E-state index contributed by atoms with van der Waals surface area (Å²) >= 11 is 0. The highest BCUT2D eigenvalue weighted by Crippen LogP contribution is 2.47. The number of hydrogen-bond acceptors (Lipinski definition) is 2. The average Bonchev–Trinajstić information content (AvgIpc) is 3.08. The number of halogens is 1. The van der Waals surface area contributed by atoms with E-state index in [2.05, 4.69) is 17.6 Å². The van der Waals surface area contributed by atoms with E-state index in [4.69, 9.17) is 0 Å². The van der Waals surface area contributed by atoms with Crippen LogP contribution in [0.3, 0.4) is 0 Å². The van der Waals surface area contributed by atoms with E-state index in [1.165, 1.54) is 19.3 Å². The van der Waals surface area contributed by atoms with Gasteiger partial charge in [0.2, 0.25) is 5.91 Å². The van der Waals surface area contributed by atoms with Gasteiger partial charge in [0.15, 0.2) is 0 Å². The molecule has 0 spiro atoms. The molecule has 0 aromatic rings. The number of carbonyl (C=O) groups excluding carboxylic acids is 1. The van der Waals surface area contributed by atoms with Crippen LogP contribution in [0.25, 0.3) is 0 Å². The van der Waals surface area contributed by atoms with E-state index in [0.29, 0.717) is 5.41 Å². The zero-order valence-corrected chi connectivity index (χ0v) is 10.9. The third-order valence-corrected chi connectivity index (χ3v) is 4.01. The van der Waals surface area contributed by atoms with Crippen molar-refractivity contribution in [2.75, 3.05) is 19.6 Å². The Morgan fingerprint density at radius 3 is 2.75 bits per heavy atom. The molecule has 0 aromatic carbocycles. The molecular formula is C12H23ClN2O. The van der Waals surface area contributed by atoms with Gasteiger partial charge in [0.25, 0.3) is 0 Å². The molecule has 16 heavy (non-hydrogen) atoms. The largest absolute Gasteiger partial charge is 0.355 e. The minimum atomic E-state index is 0.